The lowest BCUT2D eigenvalue weighted by Gasteiger charge is -2.21. The third-order valence-corrected chi connectivity index (χ3v) is 4.95. The summed E-state index contributed by atoms with van der Waals surface area (Å²) in [7, 11) is 1.92. The average molecular weight is 387 g/mol. The molecule has 0 radical (unpaired) electrons. The van der Waals surface area contributed by atoms with Gasteiger partial charge in [-0.2, -0.15) is 5.10 Å². The Hall–Kier alpha value is -3.23. The summed E-state index contributed by atoms with van der Waals surface area (Å²) in [4.78, 5) is 28.2. The molecule has 1 N–H and O–H groups in total. The van der Waals surface area contributed by atoms with Crippen molar-refractivity contribution in [2.75, 3.05) is 26.2 Å². The van der Waals surface area contributed by atoms with Gasteiger partial charge in [0.25, 0.3) is 12.3 Å². The topological polar surface area (TPSA) is 74.2 Å². The van der Waals surface area contributed by atoms with Gasteiger partial charge >= 0.3 is 0 Å². The largest absolute Gasteiger partial charge is 0.357 e. The summed E-state index contributed by atoms with van der Waals surface area (Å²) in [5.74, 6) is -0.468. The van der Waals surface area contributed by atoms with E-state index in [1.165, 1.54) is 0 Å². The number of carbonyl (C=O) groups excluding carboxylic acids is 2. The molecule has 7 nitrogen and oxygen atoms in total. The van der Waals surface area contributed by atoms with Crippen molar-refractivity contribution in [3.8, 4) is 0 Å². The first-order chi connectivity index (χ1) is 13.4. The van der Waals surface area contributed by atoms with Crippen LogP contribution in [0.4, 0.5) is 8.78 Å². The van der Waals surface area contributed by atoms with Gasteiger partial charge in [-0.3, -0.25) is 14.7 Å². The fourth-order valence-corrected chi connectivity index (χ4v) is 3.50. The number of alkyl halides is 2. The Bertz CT molecular complexity index is 970. The van der Waals surface area contributed by atoms with Gasteiger partial charge in [0.15, 0.2) is 5.69 Å². The van der Waals surface area contributed by atoms with E-state index in [2.05, 4.69) is 10.2 Å². The van der Waals surface area contributed by atoms with E-state index in [9.17, 15) is 18.4 Å². The highest BCUT2D eigenvalue weighted by Gasteiger charge is 2.34. The molecule has 0 bridgehead atoms. The second-order valence-electron chi connectivity index (χ2n) is 7.02. The summed E-state index contributed by atoms with van der Waals surface area (Å²) in [5, 5.41) is 5.87. The minimum absolute atomic E-state index is 0.0183. The van der Waals surface area contributed by atoms with Gasteiger partial charge in [-0.15, -0.1) is 0 Å². The first-order valence-electron chi connectivity index (χ1n) is 8.82. The highest BCUT2D eigenvalue weighted by atomic mass is 19.3. The zero-order valence-corrected chi connectivity index (χ0v) is 15.2. The number of aromatic amines is 1. The Morgan fingerprint density at radius 1 is 1.18 bits per heavy atom. The molecule has 146 valence electrons. The molecule has 28 heavy (non-hydrogen) atoms. The molecular formula is C19H19F2N5O2. The molecule has 0 aromatic carbocycles. The highest BCUT2D eigenvalue weighted by molar-refractivity contribution is 5.94. The lowest BCUT2D eigenvalue weighted by atomic mass is 10.2. The number of H-pyrrole nitrogens is 1. The van der Waals surface area contributed by atoms with Crippen molar-refractivity contribution in [3.05, 3.63) is 58.7 Å². The van der Waals surface area contributed by atoms with Gasteiger partial charge in [0.2, 0.25) is 5.91 Å². The third-order valence-electron chi connectivity index (χ3n) is 4.95. The molecule has 0 aliphatic carbocycles. The maximum Gasteiger partial charge on any atom is 0.279 e. The predicted molar refractivity (Wildman–Crippen MR) is 97.5 cm³/mol. The fraction of sp³-hybridized carbons (Fsp3) is 0.316. The summed E-state index contributed by atoms with van der Waals surface area (Å²) >= 11 is 0. The van der Waals surface area contributed by atoms with Crippen molar-refractivity contribution >= 4 is 17.9 Å². The Balaban J connectivity index is 1.33. The van der Waals surface area contributed by atoms with Gasteiger partial charge in [0, 0.05) is 51.7 Å². The van der Waals surface area contributed by atoms with Crippen LogP contribution in [0.1, 0.15) is 28.2 Å². The van der Waals surface area contributed by atoms with Gasteiger partial charge in [-0.1, -0.05) is 0 Å². The summed E-state index contributed by atoms with van der Waals surface area (Å²) in [5.41, 5.74) is 2.62. The summed E-state index contributed by atoms with van der Waals surface area (Å²) < 4.78 is 27.2. The standard InChI is InChI=1S/C19H19F2N5O2/c1-24-5-4-12(7-24)2-3-17(27)25-8-13-10-26(11-14(13)9-25)19(28)16-6-15(18(20)21)22-23-16/h2-7,18H,8-11H2,1H3,(H,22,23)/b3-2+. The minimum atomic E-state index is -2.70. The Morgan fingerprint density at radius 3 is 2.43 bits per heavy atom. The number of rotatable bonds is 4. The highest BCUT2D eigenvalue weighted by Crippen LogP contribution is 2.27. The van der Waals surface area contributed by atoms with Crippen LogP contribution in [0.15, 0.2) is 41.7 Å². The third kappa shape index (κ3) is 3.47. The number of hydrogen-bond acceptors (Lipinski definition) is 3. The van der Waals surface area contributed by atoms with Crippen LogP contribution in [0.2, 0.25) is 0 Å². The molecule has 2 aromatic rings. The summed E-state index contributed by atoms with van der Waals surface area (Å²) in [6.45, 7) is 1.72. The van der Waals surface area contributed by atoms with E-state index < -0.39 is 6.43 Å². The van der Waals surface area contributed by atoms with Crippen molar-refractivity contribution in [1.82, 2.24) is 24.6 Å². The predicted octanol–water partition coefficient (Wildman–Crippen LogP) is 1.99. The van der Waals surface area contributed by atoms with Crippen LogP contribution in [-0.2, 0) is 11.8 Å². The van der Waals surface area contributed by atoms with E-state index in [1.54, 1.807) is 22.0 Å². The molecule has 0 saturated carbocycles. The zero-order chi connectivity index (χ0) is 19.8. The van der Waals surface area contributed by atoms with Gasteiger partial charge in [0.1, 0.15) is 5.69 Å². The zero-order valence-electron chi connectivity index (χ0n) is 15.2. The summed E-state index contributed by atoms with van der Waals surface area (Å²) in [6.07, 6.45) is 4.46. The molecule has 9 heteroatoms. The number of hydrogen-bond donors (Lipinski definition) is 1. The fourth-order valence-electron chi connectivity index (χ4n) is 3.50. The van der Waals surface area contributed by atoms with Crippen molar-refractivity contribution < 1.29 is 18.4 Å². The van der Waals surface area contributed by atoms with Crippen LogP contribution in [0.3, 0.4) is 0 Å². The van der Waals surface area contributed by atoms with E-state index in [1.807, 2.05) is 30.1 Å². The molecule has 0 unspecified atom stereocenters. The van der Waals surface area contributed by atoms with Crippen LogP contribution in [0, 0.1) is 0 Å². The van der Waals surface area contributed by atoms with Crippen molar-refractivity contribution in [1.29, 1.82) is 0 Å². The van der Waals surface area contributed by atoms with E-state index >= 15 is 0 Å². The first-order valence-corrected chi connectivity index (χ1v) is 8.82. The summed E-state index contributed by atoms with van der Waals surface area (Å²) in [6, 6.07) is 3.00. The van der Waals surface area contributed by atoms with Crippen LogP contribution >= 0.6 is 0 Å². The van der Waals surface area contributed by atoms with Gasteiger partial charge in [-0.25, -0.2) is 8.78 Å². The van der Waals surface area contributed by atoms with Crippen molar-refractivity contribution in [2.24, 2.45) is 7.05 Å². The molecule has 4 heterocycles. The van der Waals surface area contributed by atoms with Crippen LogP contribution in [-0.4, -0.2) is 62.6 Å². The SMILES string of the molecule is Cn1ccc(/C=C/C(=O)N2CC3=C(C2)CN(C(=O)c2cc(C(F)F)[nH]n2)C3)c1. The lowest BCUT2D eigenvalue weighted by Crippen LogP contribution is -2.36. The van der Waals surface area contributed by atoms with Gasteiger partial charge in [0.05, 0.1) is 0 Å². The Kier molecular flexibility index (Phi) is 4.58. The molecule has 2 aliphatic rings. The molecule has 2 aromatic heterocycles. The number of halogens is 2. The van der Waals surface area contributed by atoms with Crippen molar-refractivity contribution in [3.63, 3.8) is 0 Å². The number of nitrogens with zero attached hydrogens (tertiary/aromatic N) is 4. The molecule has 4 rings (SSSR count). The molecule has 2 aliphatic heterocycles. The molecular weight excluding hydrogens is 368 g/mol. The monoisotopic (exact) mass is 387 g/mol. The van der Waals surface area contributed by atoms with Gasteiger partial charge in [-0.05, 0) is 34.9 Å². The van der Waals surface area contributed by atoms with Crippen molar-refractivity contribution in [2.45, 2.75) is 6.43 Å². The smallest absolute Gasteiger partial charge is 0.279 e. The maximum atomic E-state index is 12.7. The molecule has 0 spiro atoms. The normalized spacial score (nSPS) is 16.7. The number of carbonyl (C=O) groups is 2. The second-order valence-corrected chi connectivity index (χ2v) is 7.02. The number of nitrogens with one attached hydrogen (secondary N) is 1. The van der Waals surface area contributed by atoms with E-state index in [0.29, 0.717) is 26.2 Å². The average Bonchev–Trinajstić information content (AvgIpc) is 3.41. The quantitative estimate of drug-likeness (QED) is 0.644. The molecule has 0 fully saturated rings. The maximum absolute atomic E-state index is 12.7. The molecule has 0 atom stereocenters. The van der Waals surface area contributed by atoms with Crippen LogP contribution < -0.4 is 0 Å². The number of amides is 2. The lowest BCUT2D eigenvalue weighted by molar-refractivity contribution is -0.124. The first kappa shape index (κ1) is 18.1. The molecule has 0 saturated heterocycles. The van der Waals surface area contributed by atoms with E-state index in [0.717, 1.165) is 22.8 Å². The van der Waals surface area contributed by atoms with Crippen LogP contribution in [0.25, 0.3) is 6.08 Å². The Morgan fingerprint density at radius 2 is 1.86 bits per heavy atom. The molecule has 2 amide bonds. The van der Waals surface area contributed by atoms with E-state index in [-0.39, 0.29) is 23.2 Å². The second kappa shape index (κ2) is 7.06. The van der Waals surface area contributed by atoms with Gasteiger partial charge < -0.3 is 14.4 Å². The Labute approximate surface area is 159 Å². The van der Waals surface area contributed by atoms with Crippen LogP contribution in [0.5, 0.6) is 0 Å². The minimum Gasteiger partial charge on any atom is -0.357 e. The number of aryl methyl sites for hydroxylation is 1. The van der Waals surface area contributed by atoms with E-state index in [4.69, 9.17) is 0 Å². The number of aromatic nitrogens is 3.